The van der Waals surface area contributed by atoms with Crippen molar-refractivity contribution >= 4 is 11.6 Å². The average molecular weight is 292 g/mol. The van der Waals surface area contributed by atoms with Crippen LogP contribution in [-0.2, 0) is 4.79 Å². The minimum atomic E-state index is -1.64. The van der Waals surface area contributed by atoms with Crippen molar-refractivity contribution in [3.63, 3.8) is 0 Å². The zero-order valence-electron chi connectivity index (χ0n) is 11.2. The van der Waals surface area contributed by atoms with Crippen molar-refractivity contribution in [2.24, 2.45) is 11.1 Å². The minimum absolute atomic E-state index is 0.0487. The fourth-order valence-electron chi connectivity index (χ4n) is 1.88. The number of benzene rings is 1. The first kappa shape index (κ1) is 16.4. The van der Waals surface area contributed by atoms with Crippen molar-refractivity contribution in [3.8, 4) is 0 Å². The number of amides is 1. The van der Waals surface area contributed by atoms with Gasteiger partial charge in [-0.15, -0.1) is 0 Å². The second-order valence-electron chi connectivity index (χ2n) is 4.49. The first-order valence-corrected chi connectivity index (χ1v) is 6.17. The van der Waals surface area contributed by atoms with E-state index in [2.05, 4.69) is 0 Å². The predicted molar refractivity (Wildman–Crippen MR) is 67.0 cm³/mol. The van der Waals surface area contributed by atoms with Gasteiger partial charge < -0.3 is 11.1 Å². The van der Waals surface area contributed by atoms with E-state index < -0.39 is 40.3 Å². The van der Waals surface area contributed by atoms with Gasteiger partial charge >= 0.3 is 0 Å². The highest BCUT2D eigenvalue weighted by Crippen LogP contribution is 2.30. The summed E-state index contributed by atoms with van der Waals surface area (Å²) in [7, 11) is 0. The molecule has 0 bridgehead atoms. The summed E-state index contributed by atoms with van der Waals surface area (Å²) in [6.07, 6.45) is 0.653. The van der Waals surface area contributed by atoms with Crippen LogP contribution in [0.2, 0.25) is 0 Å². The molecule has 0 spiro atoms. The zero-order chi connectivity index (χ0) is 15.5. The normalized spacial score (nSPS) is 11.6. The molecule has 0 saturated carbocycles. The molecule has 1 amide bonds. The van der Waals surface area contributed by atoms with Crippen LogP contribution in [-0.4, -0.2) is 12.5 Å². The lowest BCUT2D eigenvalue weighted by molar-refractivity contribution is -0.125. The van der Waals surface area contributed by atoms with Gasteiger partial charge in [-0.2, -0.15) is 0 Å². The van der Waals surface area contributed by atoms with Crippen LogP contribution in [0.25, 0.3) is 0 Å². The van der Waals surface area contributed by atoms with Crippen molar-refractivity contribution < 1.29 is 22.4 Å². The third kappa shape index (κ3) is 2.77. The molecule has 112 valence electrons. The molecule has 1 aromatic carbocycles. The quantitative estimate of drug-likeness (QED) is 0.647. The lowest BCUT2D eigenvalue weighted by Gasteiger charge is -2.28. The van der Waals surface area contributed by atoms with Gasteiger partial charge in [-0.1, -0.05) is 13.8 Å². The highest BCUT2D eigenvalue weighted by Gasteiger charge is 2.35. The van der Waals surface area contributed by atoms with Gasteiger partial charge in [0.05, 0.1) is 5.41 Å². The highest BCUT2D eigenvalue weighted by atomic mass is 19.2. The topological polar surface area (TPSA) is 55.1 Å². The molecule has 0 radical (unpaired) electrons. The Balaban J connectivity index is 3.20. The van der Waals surface area contributed by atoms with Crippen LogP contribution >= 0.6 is 0 Å². The van der Waals surface area contributed by atoms with Gasteiger partial charge in [0.2, 0.25) is 5.91 Å². The maximum Gasteiger partial charge on any atom is 0.232 e. The minimum Gasteiger partial charge on any atom is -0.329 e. The van der Waals surface area contributed by atoms with Gasteiger partial charge in [0.25, 0.3) is 0 Å². The molecule has 0 aliphatic rings. The summed E-state index contributed by atoms with van der Waals surface area (Å²) < 4.78 is 53.1. The summed E-state index contributed by atoms with van der Waals surface area (Å²) in [5.74, 6) is -7.21. The Kier molecular flexibility index (Phi) is 5.10. The van der Waals surface area contributed by atoms with Crippen LogP contribution in [0.1, 0.15) is 26.7 Å². The lowest BCUT2D eigenvalue weighted by Crippen LogP contribution is -2.42. The first-order valence-electron chi connectivity index (χ1n) is 6.17. The molecule has 0 unspecified atom stereocenters. The largest absolute Gasteiger partial charge is 0.329 e. The molecule has 3 nitrogen and oxygen atoms in total. The maximum absolute atomic E-state index is 13.5. The summed E-state index contributed by atoms with van der Waals surface area (Å²) in [5, 5.41) is 1.90. The molecule has 7 heteroatoms. The lowest BCUT2D eigenvalue weighted by atomic mass is 9.81. The number of hydrogen-bond donors (Lipinski definition) is 2. The van der Waals surface area contributed by atoms with E-state index in [4.69, 9.17) is 5.73 Å². The van der Waals surface area contributed by atoms with Gasteiger partial charge in [0.1, 0.15) is 5.69 Å². The number of carbonyl (C=O) groups is 1. The third-order valence-corrected chi connectivity index (χ3v) is 3.58. The van der Waals surface area contributed by atoms with Crippen molar-refractivity contribution in [2.75, 3.05) is 11.9 Å². The fourth-order valence-corrected chi connectivity index (χ4v) is 1.88. The molecule has 0 heterocycles. The molecule has 0 fully saturated rings. The van der Waals surface area contributed by atoms with Gasteiger partial charge in [0.15, 0.2) is 23.3 Å². The van der Waals surface area contributed by atoms with Crippen LogP contribution < -0.4 is 11.1 Å². The van der Waals surface area contributed by atoms with Gasteiger partial charge in [-0.3, -0.25) is 4.79 Å². The van der Waals surface area contributed by atoms with Crippen molar-refractivity contribution in [1.82, 2.24) is 0 Å². The van der Waals surface area contributed by atoms with Crippen LogP contribution in [0.4, 0.5) is 23.2 Å². The Morgan fingerprint density at radius 2 is 1.60 bits per heavy atom. The number of nitrogens with one attached hydrogen (secondary N) is 1. The van der Waals surface area contributed by atoms with Gasteiger partial charge in [-0.05, 0) is 12.8 Å². The molecule has 1 aromatic rings. The zero-order valence-corrected chi connectivity index (χ0v) is 11.2. The standard InChI is InChI=1S/C13H16F4N2O/c1-3-13(4-2,6-18)12(20)19-11-9(16)7(14)5-8(15)10(11)17/h5H,3-4,6,18H2,1-2H3,(H,19,20). The number of halogens is 4. The predicted octanol–water partition coefficient (Wildman–Crippen LogP) is 2.95. The van der Waals surface area contributed by atoms with Gasteiger partial charge in [-0.25, -0.2) is 17.6 Å². The van der Waals surface area contributed by atoms with E-state index in [9.17, 15) is 22.4 Å². The molecule has 0 aromatic heterocycles. The van der Waals surface area contributed by atoms with E-state index in [1.807, 2.05) is 5.32 Å². The van der Waals surface area contributed by atoms with Crippen LogP contribution in [0.15, 0.2) is 6.07 Å². The van der Waals surface area contributed by atoms with Gasteiger partial charge in [0, 0.05) is 12.6 Å². The Hall–Kier alpha value is -1.63. The summed E-state index contributed by atoms with van der Waals surface area (Å²) in [6, 6.07) is 0.0795. The highest BCUT2D eigenvalue weighted by molar-refractivity contribution is 5.95. The molecule has 3 N–H and O–H groups in total. The Labute approximate surface area is 114 Å². The van der Waals surface area contributed by atoms with E-state index in [1.165, 1.54) is 0 Å². The Morgan fingerprint density at radius 3 is 1.95 bits per heavy atom. The number of carbonyl (C=O) groups excluding carboxylic acids is 1. The summed E-state index contributed by atoms with van der Waals surface area (Å²) >= 11 is 0. The van der Waals surface area contributed by atoms with Crippen molar-refractivity contribution in [3.05, 3.63) is 29.3 Å². The number of rotatable bonds is 5. The van der Waals surface area contributed by atoms with Crippen LogP contribution in [0.3, 0.4) is 0 Å². The molecule has 20 heavy (non-hydrogen) atoms. The number of nitrogens with two attached hydrogens (primary N) is 1. The summed E-state index contributed by atoms with van der Waals surface area (Å²) in [4.78, 5) is 12.1. The summed E-state index contributed by atoms with van der Waals surface area (Å²) in [5.41, 5.74) is 3.35. The van der Waals surface area contributed by atoms with E-state index in [-0.39, 0.29) is 12.6 Å². The Bertz CT molecular complexity index is 481. The summed E-state index contributed by atoms with van der Waals surface area (Å²) in [6.45, 7) is 3.33. The van der Waals surface area contributed by atoms with Crippen LogP contribution in [0, 0.1) is 28.7 Å². The number of anilines is 1. The molecular formula is C13H16F4N2O. The van der Waals surface area contributed by atoms with E-state index >= 15 is 0 Å². The molecular weight excluding hydrogens is 276 g/mol. The molecule has 1 rings (SSSR count). The fraction of sp³-hybridized carbons (Fsp3) is 0.462. The number of hydrogen-bond acceptors (Lipinski definition) is 2. The second-order valence-corrected chi connectivity index (χ2v) is 4.49. The van der Waals surface area contributed by atoms with E-state index in [0.717, 1.165) is 0 Å². The Morgan fingerprint density at radius 1 is 1.15 bits per heavy atom. The monoisotopic (exact) mass is 292 g/mol. The third-order valence-electron chi connectivity index (χ3n) is 3.58. The van der Waals surface area contributed by atoms with Crippen molar-refractivity contribution in [1.29, 1.82) is 0 Å². The molecule has 0 aliphatic heterocycles. The van der Waals surface area contributed by atoms with E-state index in [1.54, 1.807) is 13.8 Å². The van der Waals surface area contributed by atoms with E-state index in [0.29, 0.717) is 12.8 Å². The SMILES string of the molecule is CCC(CC)(CN)C(=O)Nc1c(F)c(F)cc(F)c1F. The second kappa shape index (κ2) is 6.21. The van der Waals surface area contributed by atoms with Crippen LogP contribution in [0.5, 0.6) is 0 Å². The molecule has 0 saturated heterocycles. The first-order chi connectivity index (χ1) is 9.32. The smallest absolute Gasteiger partial charge is 0.232 e. The average Bonchev–Trinajstić information content (AvgIpc) is 2.44. The molecule has 0 atom stereocenters. The maximum atomic E-state index is 13.5. The molecule has 0 aliphatic carbocycles. The van der Waals surface area contributed by atoms with Crippen molar-refractivity contribution in [2.45, 2.75) is 26.7 Å².